The monoisotopic (exact) mass is 404 g/mol. The van der Waals surface area contributed by atoms with Crippen LogP contribution >= 0.6 is 0 Å². The number of morpholine rings is 1. The van der Waals surface area contributed by atoms with Crippen LogP contribution in [0.25, 0.3) is 33.2 Å². The quantitative estimate of drug-likeness (QED) is 0.459. The Kier molecular flexibility index (Phi) is 5.02. The molecule has 30 heavy (non-hydrogen) atoms. The van der Waals surface area contributed by atoms with Gasteiger partial charge in [0.2, 0.25) is 0 Å². The first-order valence-corrected chi connectivity index (χ1v) is 10.3. The lowest BCUT2D eigenvalue weighted by atomic mass is 10.3. The highest BCUT2D eigenvalue weighted by Gasteiger charge is 2.20. The largest absolute Gasteiger partial charge is 0.379 e. The molecule has 0 aliphatic carbocycles. The van der Waals surface area contributed by atoms with Gasteiger partial charge in [0.25, 0.3) is 5.56 Å². The van der Waals surface area contributed by atoms with E-state index in [1.165, 1.54) is 0 Å². The number of para-hydroxylation sites is 2. The molecule has 4 heterocycles. The summed E-state index contributed by atoms with van der Waals surface area (Å²) >= 11 is 0. The molecule has 0 unspecified atom stereocenters. The van der Waals surface area contributed by atoms with E-state index in [1.807, 2.05) is 28.8 Å². The van der Waals surface area contributed by atoms with Gasteiger partial charge < -0.3 is 9.30 Å². The van der Waals surface area contributed by atoms with Crippen LogP contribution in [-0.4, -0.2) is 61.8 Å². The fraction of sp³-hybridized carbons (Fsp3) is 0.364. The molecular weight excluding hydrogens is 380 g/mol. The molecule has 1 saturated heterocycles. The Bertz CT molecular complexity index is 1290. The van der Waals surface area contributed by atoms with Gasteiger partial charge in [0.1, 0.15) is 17.2 Å². The van der Waals surface area contributed by atoms with Crippen LogP contribution in [0.4, 0.5) is 0 Å². The number of nitrogens with zero attached hydrogens (tertiary/aromatic N) is 6. The molecule has 0 N–H and O–H groups in total. The summed E-state index contributed by atoms with van der Waals surface area (Å²) in [5.41, 5.74) is 3.45. The summed E-state index contributed by atoms with van der Waals surface area (Å²) in [5, 5.41) is 0.527. The van der Waals surface area contributed by atoms with Crippen molar-refractivity contribution in [1.29, 1.82) is 0 Å². The minimum absolute atomic E-state index is 0.110. The number of allylic oxidation sites excluding steroid dienone is 1. The SMILES string of the molecule is C=CCn1cnc2c(c1=O)c1nc3ccccc3nc1n2CCCN1CCOCC1. The summed E-state index contributed by atoms with van der Waals surface area (Å²) in [5.74, 6) is 0. The Balaban J connectivity index is 1.63. The summed E-state index contributed by atoms with van der Waals surface area (Å²) in [4.78, 5) is 29.9. The van der Waals surface area contributed by atoms with Gasteiger partial charge in [-0.05, 0) is 18.6 Å². The second-order valence-corrected chi connectivity index (χ2v) is 7.53. The first-order valence-electron chi connectivity index (χ1n) is 10.3. The van der Waals surface area contributed by atoms with Crippen LogP contribution in [0.2, 0.25) is 0 Å². The number of aromatic nitrogens is 5. The molecule has 0 atom stereocenters. The predicted octanol–water partition coefficient (Wildman–Crippen LogP) is 2.20. The van der Waals surface area contributed by atoms with E-state index in [9.17, 15) is 4.79 Å². The van der Waals surface area contributed by atoms with Crippen LogP contribution in [-0.2, 0) is 17.8 Å². The molecule has 1 fully saturated rings. The molecule has 8 nitrogen and oxygen atoms in total. The molecule has 1 aliphatic heterocycles. The molecule has 8 heteroatoms. The Hall–Kier alpha value is -3.10. The highest BCUT2D eigenvalue weighted by atomic mass is 16.5. The highest BCUT2D eigenvalue weighted by molar-refractivity contribution is 6.04. The van der Waals surface area contributed by atoms with Crippen molar-refractivity contribution in [2.24, 2.45) is 0 Å². The van der Waals surface area contributed by atoms with E-state index in [0.717, 1.165) is 56.8 Å². The van der Waals surface area contributed by atoms with E-state index in [4.69, 9.17) is 14.7 Å². The van der Waals surface area contributed by atoms with E-state index in [-0.39, 0.29) is 5.56 Å². The van der Waals surface area contributed by atoms with E-state index in [2.05, 4.69) is 16.5 Å². The first kappa shape index (κ1) is 18.9. The summed E-state index contributed by atoms with van der Waals surface area (Å²) in [6.45, 7) is 9.34. The van der Waals surface area contributed by atoms with Gasteiger partial charge in [0, 0.05) is 32.7 Å². The average molecular weight is 404 g/mol. The third-order valence-corrected chi connectivity index (χ3v) is 5.60. The Morgan fingerprint density at radius 2 is 1.83 bits per heavy atom. The number of hydrogen-bond acceptors (Lipinski definition) is 6. The predicted molar refractivity (Wildman–Crippen MR) is 117 cm³/mol. The van der Waals surface area contributed by atoms with Crippen molar-refractivity contribution >= 4 is 33.2 Å². The molecule has 0 radical (unpaired) electrons. The molecule has 4 aromatic rings. The van der Waals surface area contributed by atoms with Crippen LogP contribution in [0, 0.1) is 0 Å². The zero-order valence-corrected chi connectivity index (χ0v) is 16.8. The van der Waals surface area contributed by atoms with Crippen LogP contribution in [0.5, 0.6) is 0 Å². The normalized spacial score (nSPS) is 15.3. The van der Waals surface area contributed by atoms with Gasteiger partial charge in [-0.1, -0.05) is 18.2 Å². The van der Waals surface area contributed by atoms with E-state index < -0.39 is 0 Å². The fourth-order valence-electron chi connectivity index (χ4n) is 4.10. The van der Waals surface area contributed by atoms with Crippen molar-refractivity contribution in [2.45, 2.75) is 19.5 Å². The van der Waals surface area contributed by atoms with Crippen molar-refractivity contribution in [2.75, 3.05) is 32.8 Å². The van der Waals surface area contributed by atoms with Gasteiger partial charge in [-0.15, -0.1) is 6.58 Å². The lowest BCUT2D eigenvalue weighted by Gasteiger charge is -2.26. The van der Waals surface area contributed by atoms with Crippen LogP contribution in [0.15, 0.2) is 48.0 Å². The minimum atomic E-state index is -0.110. The van der Waals surface area contributed by atoms with Gasteiger partial charge in [0.15, 0.2) is 11.3 Å². The van der Waals surface area contributed by atoms with E-state index >= 15 is 0 Å². The molecule has 1 aromatic carbocycles. The summed E-state index contributed by atoms with van der Waals surface area (Å²) in [6.07, 6.45) is 4.21. The van der Waals surface area contributed by atoms with Crippen LogP contribution < -0.4 is 5.56 Å². The number of ether oxygens (including phenoxy) is 1. The first-order chi connectivity index (χ1) is 14.8. The van der Waals surface area contributed by atoms with Gasteiger partial charge in [-0.3, -0.25) is 14.3 Å². The maximum absolute atomic E-state index is 13.2. The fourth-order valence-corrected chi connectivity index (χ4v) is 4.10. The smallest absolute Gasteiger partial charge is 0.265 e. The van der Waals surface area contributed by atoms with Crippen molar-refractivity contribution in [3.8, 4) is 0 Å². The second-order valence-electron chi connectivity index (χ2n) is 7.53. The maximum Gasteiger partial charge on any atom is 0.265 e. The Morgan fingerprint density at radius 1 is 1.07 bits per heavy atom. The zero-order valence-electron chi connectivity index (χ0n) is 16.8. The highest BCUT2D eigenvalue weighted by Crippen LogP contribution is 2.25. The van der Waals surface area contributed by atoms with Gasteiger partial charge in [-0.25, -0.2) is 15.0 Å². The zero-order chi connectivity index (χ0) is 20.5. The van der Waals surface area contributed by atoms with Gasteiger partial charge in [0.05, 0.1) is 24.2 Å². The van der Waals surface area contributed by atoms with E-state index in [1.54, 1.807) is 17.0 Å². The van der Waals surface area contributed by atoms with Crippen molar-refractivity contribution < 1.29 is 4.74 Å². The van der Waals surface area contributed by atoms with Crippen molar-refractivity contribution in [3.63, 3.8) is 0 Å². The molecule has 0 saturated carbocycles. The molecular formula is C22H24N6O2. The molecule has 0 spiro atoms. The minimum Gasteiger partial charge on any atom is -0.379 e. The van der Waals surface area contributed by atoms with Crippen LogP contribution in [0.1, 0.15) is 6.42 Å². The average Bonchev–Trinajstić information content (AvgIpc) is 3.08. The molecule has 3 aromatic heterocycles. The lowest BCUT2D eigenvalue weighted by Crippen LogP contribution is -2.37. The topological polar surface area (TPSA) is 78.1 Å². The maximum atomic E-state index is 13.2. The number of aryl methyl sites for hydroxylation is 1. The molecule has 5 rings (SSSR count). The summed E-state index contributed by atoms with van der Waals surface area (Å²) < 4.78 is 9.04. The standard InChI is InChI=1S/C22H24N6O2/c1-2-8-27-15-23-20-18(22(27)29)19-21(25-17-7-4-3-6-16(17)24-19)28(20)10-5-9-26-11-13-30-14-12-26/h2-4,6-7,15H,1,5,8-14H2. The second kappa shape index (κ2) is 7.97. The van der Waals surface area contributed by atoms with E-state index in [0.29, 0.717) is 28.7 Å². The van der Waals surface area contributed by atoms with Gasteiger partial charge >= 0.3 is 0 Å². The summed E-state index contributed by atoms with van der Waals surface area (Å²) in [7, 11) is 0. The van der Waals surface area contributed by atoms with Crippen LogP contribution in [0.3, 0.4) is 0 Å². The Morgan fingerprint density at radius 3 is 2.60 bits per heavy atom. The van der Waals surface area contributed by atoms with Crippen molar-refractivity contribution in [1.82, 2.24) is 29.0 Å². The number of hydrogen-bond donors (Lipinski definition) is 0. The number of fused-ring (bicyclic) bond motifs is 4. The van der Waals surface area contributed by atoms with Gasteiger partial charge in [-0.2, -0.15) is 0 Å². The Labute approximate surface area is 173 Å². The summed E-state index contributed by atoms with van der Waals surface area (Å²) in [6, 6.07) is 7.74. The molecule has 0 amide bonds. The molecule has 0 bridgehead atoms. The number of benzene rings is 1. The third-order valence-electron chi connectivity index (χ3n) is 5.60. The number of rotatable bonds is 6. The molecule has 1 aliphatic rings. The molecule has 154 valence electrons. The third kappa shape index (κ3) is 3.28. The lowest BCUT2D eigenvalue weighted by molar-refractivity contribution is 0.0370. The van der Waals surface area contributed by atoms with Crippen molar-refractivity contribution in [3.05, 3.63) is 53.6 Å².